The molecule has 0 aliphatic carbocycles. The Morgan fingerprint density at radius 3 is 2.81 bits per heavy atom. The van der Waals surface area contributed by atoms with Gasteiger partial charge in [-0.15, -0.1) is 11.3 Å². The minimum absolute atomic E-state index is 0.452. The summed E-state index contributed by atoms with van der Waals surface area (Å²) < 4.78 is 7.47. The minimum Gasteiger partial charge on any atom is -0.467 e. The third-order valence-electron chi connectivity index (χ3n) is 4.22. The number of aromatic nitrogens is 3. The lowest BCUT2D eigenvalue weighted by Crippen LogP contribution is -2.12. The van der Waals surface area contributed by atoms with Crippen molar-refractivity contribution in [2.24, 2.45) is 5.73 Å². The summed E-state index contributed by atoms with van der Waals surface area (Å²) in [6, 6.07) is 9.38. The molecule has 0 saturated heterocycles. The van der Waals surface area contributed by atoms with Crippen LogP contribution in [0.2, 0.25) is 0 Å². The summed E-state index contributed by atoms with van der Waals surface area (Å²) in [5.74, 6) is 0.345. The Labute approximate surface area is 153 Å². The molecule has 0 saturated carbocycles. The number of primary amides is 1. The van der Waals surface area contributed by atoms with Gasteiger partial charge in [-0.2, -0.15) is 0 Å². The summed E-state index contributed by atoms with van der Waals surface area (Å²) in [6.45, 7) is 2.38. The Hall–Kier alpha value is -3.19. The molecule has 0 bridgehead atoms. The van der Waals surface area contributed by atoms with Crippen LogP contribution < -0.4 is 5.73 Å². The van der Waals surface area contributed by atoms with Crippen molar-refractivity contribution in [2.75, 3.05) is 0 Å². The van der Waals surface area contributed by atoms with Gasteiger partial charge in [-0.3, -0.25) is 9.78 Å². The number of nitrogens with two attached hydrogens (primary N) is 1. The maximum atomic E-state index is 11.8. The van der Waals surface area contributed by atoms with Crippen LogP contribution in [0.1, 0.15) is 21.8 Å². The largest absolute Gasteiger partial charge is 0.467 e. The number of hydrogen-bond donors (Lipinski definition) is 1. The molecule has 4 heterocycles. The van der Waals surface area contributed by atoms with E-state index in [2.05, 4.69) is 4.98 Å². The van der Waals surface area contributed by atoms with E-state index in [1.54, 1.807) is 36.1 Å². The lowest BCUT2D eigenvalue weighted by molar-refractivity contribution is 0.0999. The van der Waals surface area contributed by atoms with Crippen molar-refractivity contribution in [2.45, 2.75) is 13.5 Å². The van der Waals surface area contributed by atoms with Crippen molar-refractivity contribution in [1.82, 2.24) is 14.5 Å². The SMILES string of the molecule is Cc1c(C(N)=O)cc(-c2csc(-c3ccncc3)n2)n1Cc1ccco1. The number of rotatable bonds is 5. The molecule has 0 aliphatic rings. The van der Waals surface area contributed by atoms with E-state index >= 15 is 0 Å². The highest BCUT2D eigenvalue weighted by Crippen LogP contribution is 2.31. The fourth-order valence-corrected chi connectivity index (χ4v) is 3.71. The predicted molar refractivity (Wildman–Crippen MR) is 99.8 cm³/mol. The van der Waals surface area contributed by atoms with E-state index in [-0.39, 0.29) is 0 Å². The van der Waals surface area contributed by atoms with Gasteiger partial charge < -0.3 is 14.7 Å². The Morgan fingerprint density at radius 1 is 1.31 bits per heavy atom. The van der Waals surface area contributed by atoms with E-state index in [0.717, 1.165) is 33.4 Å². The molecule has 130 valence electrons. The molecule has 7 heteroatoms. The van der Waals surface area contributed by atoms with Gasteiger partial charge in [0.05, 0.1) is 29.8 Å². The molecule has 4 rings (SSSR count). The van der Waals surface area contributed by atoms with Gasteiger partial charge in [-0.25, -0.2) is 4.98 Å². The van der Waals surface area contributed by atoms with E-state index in [1.165, 1.54) is 0 Å². The number of pyridine rings is 1. The summed E-state index contributed by atoms with van der Waals surface area (Å²) >= 11 is 1.55. The lowest BCUT2D eigenvalue weighted by atomic mass is 10.2. The molecule has 0 atom stereocenters. The first-order valence-electron chi connectivity index (χ1n) is 8.02. The molecular formula is C19H16N4O2S. The van der Waals surface area contributed by atoms with Crippen molar-refractivity contribution < 1.29 is 9.21 Å². The molecule has 0 aromatic carbocycles. The molecule has 2 N–H and O–H groups in total. The normalized spacial score (nSPS) is 11.0. The zero-order valence-electron chi connectivity index (χ0n) is 14.0. The first-order valence-corrected chi connectivity index (χ1v) is 8.90. The third-order valence-corrected chi connectivity index (χ3v) is 5.11. The summed E-state index contributed by atoms with van der Waals surface area (Å²) in [5.41, 5.74) is 9.47. The average Bonchev–Trinajstić information content (AvgIpc) is 3.38. The van der Waals surface area contributed by atoms with Gasteiger partial charge in [0.1, 0.15) is 10.8 Å². The molecule has 0 unspecified atom stereocenters. The van der Waals surface area contributed by atoms with Crippen molar-refractivity contribution in [3.63, 3.8) is 0 Å². The van der Waals surface area contributed by atoms with Gasteiger partial charge in [0.2, 0.25) is 0 Å². The Bertz CT molecular complexity index is 1050. The maximum Gasteiger partial charge on any atom is 0.250 e. The molecule has 0 aliphatic heterocycles. The van der Waals surface area contributed by atoms with Crippen LogP contribution in [0.15, 0.2) is 58.8 Å². The fourth-order valence-electron chi connectivity index (χ4n) is 2.89. The third kappa shape index (κ3) is 2.93. The summed E-state index contributed by atoms with van der Waals surface area (Å²) in [5, 5.41) is 2.87. The van der Waals surface area contributed by atoms with Gasteiger partial charge in [0, 0.05) is 29.0 Å². The van der Waals surface area contributed by atoms with Crippen LogP contribution in [0.25, 0.3) is 22.0 Å². The average molecular weight is 364 g/mol. The van der Waals surface area contributed by atoms with Crippen molar-refractivity contribution >= 4 is 17.2 Å². The molecular weight excluding hydrogens is 348 g/mol. The monoisotopic (exact) mass is 364 g/mol. The van der Waals surface area contributed by atoms with Gasteiger partial charge in [-0.05, 0) is 37.3 Å². The van der Waals surface area contributed by atoms with Crippen LogP contribution in [0, 0.1) is 6.92 Å². The molecule has 6 nitrogen and oxygen atoms in total. The van der Waals surface area contributed by atoms with Crippen LogP contribution in [-0.2, 0) is 6.54 Å². The molecule has 0 radical (unpaired) electrons. The first-order chi connectivity index (χ1) is 12.6. The van der Waals surface area contributed by atoms with Crippen LogP contribution in [0.3, 0.4) is 0 Å². The molecule has 26 heavy (non-hydrogen) atoms. The predicted octanol–water partition coefficient (Wildman–Crippen LogP) is 3.72. The van der Waals surface area contributed by atoms with Gasteiger partial charge in [0.25, 0.3) is 5.91 Å². The summed E-state index contributed by atoms with van der Waals surface area (Å²) in [7, 11) is 0. The van der Waals surface area contributed by atoms with E-state index in [0.29, 0.717) is 12.1 Å². The zero-order valence-corrected chi connectivity index (χ0v) is 14.9. The molecule has 1 amide bonds. The summed E-state index contributed by atoms with van der Waals surface area (Å²) in [4.78, 5) is 20.6. The second-order valence-corrected chi connectivity index (χ2v) is 6.69. The second-order valence-electron chi connectivity index (χ2n) is 5.83. The van der Waals surface area contributed by atoms with Gasteiger partial charge >= 0.3 is 0 Å². The fraction of sp³-hybridized carbons (Fsp3) is 0.105. The Morgan fingerprint density at radius 2 is 2.12 bits per heavy atom. The minimum atomic E-state index is -0.452. The van der Waals surface area contributed by atoms with E-state index in [4.69, 9.17) is 15.1 Å². The Balaban J connectivity index is 1.79. The number of amides is 1. The van der Waals surface area contributed by atoms with Crippen LogP contribution in [0.5, 0.6) is 0 Å². The highest BCUT2D eigenvalue weighted by Gasteiger charge is 2.19. The van der Waals surface area contributed by atoms with E-state index < -0.39 is 5.91 Å². The van der Waals surface area contributed by atoms with Crippen LogP contribution in [-0.4, -0.2) is 20.4 Å². The smallest absolute Gasteiger partial charge is 0.250 e. The highest BCUT2D eigenvalue weighted by atomic mass is 32.1. The van der Waals surface area contributed by atoms with Crippen molar-refractivity contribution in [3.8, 4) is 22.0 Å². The number of thiazole rings is 1. The molecule has 4 aromatic heterocycles. The zero-order chi connectivity index (χ0) is 18.1. The summed E-state index contributed by atoms with van der Waals surface area (Å²) in [6.07, 6.45) is 5.12. The van der Waals surface area contributed by atoms with Crippen LogP contribution >= 0.6 is 11.3 Å². The van der Waals surface area contributed by atoms with Crippen LogP contribution in [0.4, 0.5) is 0 Å². The first kappa shape index (κ1) is 16.3. The number of nitrogens with zero attached hydrogens (tertiary/aromatic N) is 3. The quantitative estimate of drug-likeness (QED) is 0.585. The van der Waals surface area contributed by atoms with E-state index in [1.807, 2.05) is 41.1 Å². The number of carbonyl (C=O) groups is 1. The molecule has 4 aromatic rings. The van der Waals surface area contributed by atoms with E-state index in [9.17, 15) is 4.79 Å². The van der Waals surface area contributed by atoms with Crippen molar-refractivity contribution in [3.05, 3.63) is 71.4 Å². The topological polar surface area (TPSA) is 86.9 Å². The maximum absolute atomic E-state index is 11.8. The number of carbonyl (C=O) groups excluding carboxylic acids is 1. The van der Waals surface area contributed by atoms with Gasteiger partial charge in [0.15, 0.2) is 0 Å². The highest BCUT2D eigenvalue weighted by molar-refractivity contribution is 7.13. The number of hydrogen-bond acceptors (Lipinski definition) is 5. The Kier molecular flexibility index (Phi) is 4.14. The van der Waals surface area contributed by atoms with Crippen molar-refractivity contribution in [1.29, 1.82) is 0 Å². The molecule has 0 spiro atoms. The van der Waals surface area contributed by atoms with Gasteiger partial charge in [-0.1, -0.05) is 0 Å². The number of furan rings is 1. The standard InChI is InChI=1S/C19H16N4O2S/c1-12-15(18(20)24)9-17(23(12)10-14-3-2-8-25-14)16-11-26-19(22-16)13-4-6-21-7-5-13/h2-9,11H,10H2,1H3,(H2,20,24). The molecule has 0 fully saturated rings. The lowest BCUT2D eigenvalue weighted by Gasteiger charge is -2.09. The second kappa shape index (κ2) is 6.61.